The molecule has 0 spiro atoms. The molecule has 2 aromatic heterocycles. The number of hydrogen-bond acceptors (Lipinski definition) is 6. The van der Waals surface area contributed by atoms with Crippen molar-refractivity contribution in [3.63, 3.8) is 0 Å². The summed E-state index contributed by atoms with van der Waals surface area (Å²) in [5.74, 6) is -0.1000. The van der Waals surface area contributed by atoms with E-state index in [4.69, 9.17) is 4.74 Å². The summed E-state index contributed by atoms with van der Waals surface area (Å²) >= 11 is 1.54. The first-order valence-electron chi connectivity index (χ1n) is 9.47. The van der Waals surface area contributed by atoms with Crippen LogP contribution in [0.1, 0.15) is 49.0 Å². The topological polar surface area (TPSA) is 72.3 Å². The minimum absolute atomic E-state index is 0.1000. The van der Waals surface area contributed by atoms with Gasteiger partial charge in [-0.15, -0.1) is 10.2 Å². The molecule has 0 radical (unpaired) electrons. The van der Waals surface area contributed by atoms with Crippen molar-refractivity contribution in [2.75, 3.05) is 31.1 Å². The second kappa shape index (κ2) is 8.18. The lowest BCUT2D eigenvalue weighted by molar-refractivity contribution is 0.0852. The fourth-order valence-electron chi connectivity index (χ4n) is 3.53. The molecule has 2 aliphatic heterocycles. The van der Waals surface area contributed by atoms with Crippen LogP contribution in [0.3, 0.4) is 0 Å². The Morgan fingerprint density at radius 1 is 1.19 bits per heavy atom. The number of nitrogens with zero attached hydrogens (tertiary/aromatic N) is 4. The van der Waals surface area contributed by atoms with Crippen molar-refractivity contribution in [2.45, 2.75) is 44.6 Å². The maximum atomic E-state index is 12.6. The third-order valence-electron chi connectivity index (χ3n) is 4.98. The van der Waals surface area contributed by atoms with Gasteiger partial charge in [0.1, 0.15) is 5.69 Å². The van der Waals surface area contributed by atoms with Gasteiger partial charge in [-0.3, -0.25) is 9.36 Å². The van der Waals surface area contributed by atoms with Crippen LogP contribution in [0.4, 0.5) is 5.13 Å². The predicted octanol–water partition coefficient (Wildman–Crippen LogP) is 2.62. The van der Waals surface area contributed by atoms with Gasteiger partial charge in [0.15, 0.2) is 0 Å². The number of nitrogens with one attached hydrogen (secondary N) is 1. The van der Waals surface area contributed by atoms with E-state index in [2.05, 4.69) is 20.4 Å². The van der Waals surface area contributed by atoms with Gasteiger partial charge < -0.3 is 15.0 Å². The molecule has 8 heteroatoms. The molecule has 1 atom stereocenters. The van der Waals surface area contributed by atoms with Crippen LogP contribution in [0.2, 0.25) is 0 Å². The van der Waals surface area contributed by atoms with Gasteiger partial charge in [0, 0.05) is 32.4 Å². The van der Waals surface area contributed by atoms with Gasteiger partial charge in [0.05, 0.1) is 6.10 Å². The highest BCUT2D eigenvalue weighted by Crippen LogP contribution is 2.26. The molecule has 4 rings (SSSR count). The Morgan fingerprint density at radius 2 is 2.00 bits per heavy atom. The number of carbonyl (C=O) groups excluding carboxylic acids is 1. The number of amides is 1. The fraction of sp³-hybridized carbons (Fsp3) is 0.611. The Morgan fingerprint density at radius 3 is 2.77 bits per heavy atom. The van der Waals surface area contributed by atoms with Gasteiger partial charge in [0.25, 0.3) is 5.91 Å². The Bertz CT molecular complexity index is 730. The average molecular weight is 375 g/mol. The van der Waals surface area contributed by atoms with Crippen molar-refractivity contribution in [2.24, 2.45) is 0 Å². The van der Waals surface area contributed by atoms with Crippen LogP contribution >= 0.6 is 11.3 Å². The lowest BCUT2D eigenvalue weighted by Crippen LogP contribution is -2.32. The van der Waals surface area contributed by atoms with E-state index in [1.165, 1.54) is 25.7 Å². The third-order valence-corrected chi connectivity index (χ3v) is 5.97. The summed E-state index contributed by atoms with van der Waals surface area (Å²) in [6.07, 6.45) is 9.07. The fourth-order valence-corrected chi connectivity index (χ4v) is 4.43. The van der Waals surface area contributed by atoms with Crippen LogP contribution < -0.4 is 10.2 Å². The van der Waals surface area contributed by atoms with Crippen LogP contribution in [0.25, 0.3) is 5.13 Å². The number of anilines is 1. The highest BCUT2D eigenvalue weighted by molar-refractivity contribution is 7.17. The van der Waals surface area contributed by atoms with Gasteiger partial charge >= 0.3 is 0 Å². The quantitative estimate of drug-likeness (QED) is 0.870. The molecular formula is C18H25N5O2S. The van der Waals surface area contributed by atoms with Crippen LogP contribution in [-0.4, -0.2) is 53.0 Å². The highest BCUT2D eigenvalue weighted by atomic mass is 32.1. The molecule has 140 valence electrons. The van der Waals surface area contributed by atoms with Crippen molar-refractivity contribution in [1.82, 2.24) is 20.1 Å². The van der Waals surface area contributed by atoms with Crippen molar-refractivity contribution in [1.29, 1.82) is 0 Å². The standard InChI is InChI=1S/C18H25N5O2S/c24-16(19-13-14-7-6-12-25-14)15-8-5-11-23(15)18-21-20-17(26-18)22-9-3-1-2-4-10-22/h5,8,11,14H,1-4,6-7,9-10,12-13H2,(H,19,24). The highest BCUT2D eigenvalue weighted by Gasteiger charge is 2.20. The van der Waals surface area contributed by atoms with Crippen molar-refractivity contribution >= 4 is 22.4 Å². The first kappa shape index (κ1) is 17.5. The lowest BCUT2D eigenvalue weighted by Gasteiger charge is -2.17. The molecule has 0 saturated carbocycles. The van der Waals surface area contributed by atoms with Gasteiger partial charge in [0.2, 0.25) is 10.3 Å². The van der Waals surface area contributed by atoms with E-state index in [9.17, 15) is 4.79 Å². The van der Waals surface area contributed by atoms with Crippen LogP contribution in [0.5, 0.6) is 0 Å². The van der Waals surface area contributed by atoms with Crippen LogP contribution in [-0.2, 0) is 4.74 Å². The Kier molecular flexibility index (Phi) is 5.50. The van der Waals surface area contributed by atoms with E-state index >= 15 is 0 Å². The maximum Gasteiger partial charge on any atom is 0.268 e. The number of ether oxygens (including phenoxy) is 1. The smallest absolute Gasteiger partial charge is 0.268 e. The summed E-state index contributed by atoms with van der Waals surface area (Å²) in [4.78, 5) is 14.9. The number of aromatic nitrogens is 3. The molecule has 0 aromatic carbocycles. The number of carbonyl (C=O) groups is 1. The third kappa shape index (κ3) is 3.91. The SMILES string of the molecule is O=C(NCC1CCCO1)c1cccn1-c1nnc(N2CCCCCC2)s1. The zero-order valence-corrected chi connectivity index (χ0v) is 15.7. The zero-order valence-electron chi connectivity index (χ0n) is 14.9. The largest absolute Gasteiger partial charge is 0.376 e. The molecule has 26 heavy (non-hydrogen) atoms. The van der Waals surface area contributed by atoms with Gasteiger partial charge in [-0.2, -0.15) is 0 Å². The maximum absolute atomic E-state index is 12.6. The van der Waals surface area contributed by atoms with E-state index in [1.54, 1.807) is 11.3 Å². The van der Waals surface area contributed by atoms with Crippen LogP contribution in [0.15, 0.2) is 18.3 Å². The van der Waals surface area contributed by atoms with E-state index in [0.29, 0.717) is 12.2 Å². The average Bonchev–Trinajstić information content (AvgIpc) is 3.38. The summed E-state index contributed by atoms with van der Waals surface area (Å²) in [6, 6.07) is 3.69. The minimum Gasteiger partial charge on any atom is -0.376 e. The molecule has 7 nitrogen and oxygen atoms in total. The van der Waals surface area contributed by atoms with E-state index in [-0.39, 0.29) is 12.0 Å². The molecule has 2 aliphatic rings. The number of rotatable bonds is 5. The predicted molar refractivity (Wildman–Crippen MR) is 101 cm³/mol. The lowest BCUT2D eigenvalue weighted by atomic mass is 10.2. The van der Waals surface area contributed by atoms with E-state index < -0.39 is 0 Å². The normalized spacial score (nSPS) is 20.9. The van der Waals surface area contributed by atoms with Gasteiger partial charge in [-0.25, -0.2) is 0 Å². The summed E-state index contributed by atoms with van der Waals surface area (Å²) in [5, 5.41) is 13.4. The van der Waals surface area contributed by atoms with E-state index in [1.807, 2.05) is 22.9 Å². The Hall–Kier alpha value is -1.93. The summed E-state index contributed by atoms with van der Waals surface area (Å²) in [7, 11) is 0. The van der Waals surface area contributed by atoms with Gasteiger partial charge in [-0.05, 0) is 37.8 Å². The monoisotopic (exact) mass is 375 g/mol. The molecule has 2 fully saturated rings. The van der Waals surface area contributed by atoms with Crippen molar-refractivity contribution in [3.8, 4) is 5.13 Å². The second-order valence-electron chi connectivity index (χ2n) is 6.88. The molecule has 1 unspecified atom stereocenters. The summed E-state index contributed by atoms with van der Waals surface area (Å²) < 4.78 is 7.39. The zero-order chi connectivity index (χ0) is 17.8. The molecule has 0 bridgehead atoms. The van der Waals surface area contributed by atoms with E-state index in [0.717, 1.165) is 42.8 Å². The molecule has 1 amide bonds. The number of hydrogen-bond donors (Lipinski definition) is 1. The first-order chi connectivity index (χ1) is 12.8. The van der Waals surface area contributed by atoms with Crippen molar-refractivity contribution < 1.29 is 9.53 Å². The second-order valence-corrected chi connectivity index (χ2v) is 7.81. The molecular weight excluding hydrogens is 350 g/mol. The summed E-state index contributed by atoms with van der Waals surface area (Å²) in [5.41, 5.74) is 0.585. The first-order valence-corrected chi connectivity index (χ1v) is 10.3. The Balaban J connectivity index is 1.45. The van der Waals surface area contributed by atoms with Gasteiger partial charge in [-0.1, -0.05) is 24.2 Å². The Labute approximate surface area is 157 Å². The minimum atomic E-state index is -0.1000. The molecule has 0 aliphatic carbocycles. The molecule has 2 saturated heterocycles. The molecule has 2 aromatic rings. The van der Waals surface area contributed by atoms with Crippen LogP contribution in [0, 0.1) is 0 Å². The van der Waals surface area contributed by atoms with Crippen molar-refractivity contribution in [3.05, 3.63) is 24.0 Å². The molecule has 4 heterocycles. The molecule has 1 N–H and O–H groups in total. The summed E-state index contributed by atoms with van der Waals surface area (Å²) in [6.45, 7) is 3.42.